The monoisotopic (exact) mass is 212 g/mol. The third-order valence-corrected chi connectivity index (χ3v) is 1.04. The van der Waals surface area contributed by atoms with Crippen LogP contribution in [0.4, 0.5) is 0 Å². The molecule has 0 aliphatic carbocycles. The molecule has 0 aromatic carbocycles. The third-order valence-electron chi connectivity index (χ3n) is 1.04. The Labute approximate surface area is 70.3 Å². The van der Waals surface area contributed by atoms with E-state index in [9.17, 15) is 4.79 Å². The summed E-state index contributed by atoms with van der Waals surface area (Å²) in [7, 11) is 0. The molecule has 0 amide bonds. The molecule has 0 aromatic heterocycles. The van der Waals surface area contributed by atoms with Crippen molar-refractivity contribution < 1.29 is 9.90 Å². The number of aliphatic carboxylic acids is 1. The average molecular weight is 213 g/mol. The second kappa shape index (κ2) is 6.98. The highest BCUT2D eigenvalue weighted by Gasteiger charge is 2.08. The summed E-state index contributed by atoms with van der Waals surface area (Å²) in [6.45, 7) is 0.501. The molecule has 0 aliphatic rings. The lowest BCUT2D eigenvalue weighted by Crippen LogP contribution is -2.30. The highest BCUT2D eigenvalue weighted by atomic mass is 79.9. The van der Waals surface area contributed by atoms with Crippen molar-refractivity contribution in [1.29, 1.82) is 0 Å². The van der Waals surface area contributed by atoms with Gasteiger partial charge < -0.3 is 16.6 Å². The van der Waals surface area contributed by atoms with Crippen LogP contribution in [0.2, 0.25) is 0 Å². The number of halogens is 1. The van der Waals surface area contributed by atoms with Crippen molar-refractivity contribution in [2.24, 2.45) is 11.5 Å². The summed E-state index contributed by atoms with van der Waals surface area (Å²) in [6.07, 6.45) is 1.14. The molecule has 10 heavy (non-hydrogen) atoms. The maximum Gasteiger partial charge on any atom is 0.320 e. The molecule has 0 spiro atoms. The van der Waals surface area contributed by atoms with Crippen molar-refractivity contribution in [2.45, 2.75) is 18.9 Å². The van der Waals surface area contributed by atoms with Crippen LogP contribution >= 0.6 is 17.0 Å². The van der Waals surface area contributed by atoms with E-state index in [1.54, 1.807) is 0 Å². The molecule has 0 radical (unpaired) electrons. The van der Waals surface area contributed by atoms with Crippen LogP contribution in [0.3, 0.4) is 0 Å². The minimum atomic E-state index is -0.955. The molecule has 4 nitrogen and oxygen atoms in total. The molecule has 5 N–H and O–H groups in total. The van der Waals surface area contributed by atoms with Crippen molar-refractivity contribution in [2.75, 3.05) is 6.54 Å². The maximum atomic E-state index is 10.0. The zero-order valence-corrected chi connectivity index (χ0v) is 7.33. The number of nitrogens with two attached hydrogens (primary N) is 2. The fourth-order valence-electron chi connectivity index (χ4n) is 0.461. The zero-order valence-electron chi connectivity index (χ0n) is 5.62. The normalized spacial score (nSPS) is 11.8. The lowest BCUT2D eigenvalue weighted by molar-refractivity contribution is -0.138. The van der Waals surface area contributed by atoms with Crippen LogP contribution in [-0.4, -0.2) is 23.7 Å². The summed E-state index contributed by atoms with van der Waals surface area (Å²) >= 11 is 0. The Morgan fingerprint density at radius 2 is 2.10 bits per heavy atom. The molecule has 0 aromatic rings. The van der Waals surface area contributed by atoms with Gasteiger partial charge in [0.15, 0.2) is 0 Å². The third kappa shape index (κ3) is 6.00. The number of carboxylic acids is 1. The lowest BCUT2D eigenvalue weighted by atomic mass is 10.2. The molecule has 0 fully saturated rings. The minimum Gasteiger partial charge on any atom is -0.480 e. The number of hydrogen-bond donors (Lipinski definition) is 3. The molecule has 0 rings (SSSR count). The lowest BCUT2D eigenvalue weighted by Gasteiger charge is -2.02. The van der Waals surface area contributed by atoms with Crippen molar-refractivity contribution >= 4 is 23.0 Å². The van der Waals surface area contributed by atoms with Gasteiger partial charge in [-0.05, 0) is 19.4 Å². The molecule has 0 bridgehead atoms. The Balaban J connectivity index is 0. The van der Waals surface area contributed by atoms with E-state index in [-0.39, 0.29) is 17.0 Å². The minimum absolute atomic E-state index is 0. The predicted octanol–water partition coefficient (Wildman–Crippen LogP) is -0.285. The predicted molar refractivity (Wildman–Crippen MR) is 44.2 cm³/mol. The zero-order chi connectivity index (χ0) is 7.28. The van der Waals surface area contributed by atoms with Gasteiger partial charge in [0, 0.05) is 0 Å². The van der Waals surface area contributed by atoms with Gasteiger partial charge in [0.05, 0.1) is 0 Å². The number of carbonyl (C=O) groups is 1. The quantitative estimate of drug-likeness (QED) is 0.598. The van der Waals surface area contributed by atoms with E-state index in [1.807, 2.05) is 0 Å². The molecule has 1 atom stereocenters. The van der Waals surface area contributed by atoms with Gasteiger partial charge in [-0.1, -0.05) is 0 Å². The Hall–Kier alpha value is -0.130. The van der Waals surface area contributed by atoms with Gasteiger partial charge in [-0.15, -0.1) is 17.0 Å². The highest BCUT2D eigenvalue weighted by Crippen LogP contribution is 1.91. The Morgan fingerprint density at radius 3 is 2.40 bits per heavy atom. The van der Waals surface area contributed by atoms with Crippen LogP contribution < -0.4 is 11.5 Å². The average Bonchev–Trinajstić information content (AvgIpc) is 1.82. The fourth-order valence-corrected chi connectivity index (χ4v) is 0.461. The summed E-state index contributed by atoms with van der Waals surface area (Å²) in [5, 5.41) is 8.24. The molecule has 0 saturated carbocycles. The van der Waals surface area contributed by atoms with Crippen molar-refractivity contribution in [1.82, 2.24) is 0 Å². The van der Waals surface area contributed by atoms with Crippen LogP contribution in [-0.2, 0) is 4.79 Å². The molecule has 0 aliphatic heterocycles. The highest BCUT2D eigenvalue weighted by molar-refractivity contribution is 8.93. The van der Waals surface area contributed by atoms with Crippen molar-refractivity contribution in [3.05, 3.63) is 0 Å². The van der Waals surface area contributed by atoms with E-state index < -0.39 is 12.0 Å². The van der Waals surface area contributed by atoms with Gasteiger partial charge in [0.1, 0.15) is 6.04 Å². The van der Waals surface area contributed by atoms with Crippen LogP contribution in [0.5, 0.6) is 0 Å². The SMILES string of the molecule is Br.NCCCC(N)C(=O)O. The second-order valence-corrected chi connectivity index (χ2v) is 1.88. The topological polar surface area (TPSA) is 89.3 Å². The first-order valence-electron chi connectivity index (χ1n) is 2.87. The molecule has 1 unspecified atom stereocenters. The van der Waals surface area contributed by atoms with Crippen molar-refractivity contribution in [3.8, 4) is 0 Å². The summed E-state index contributed by atoms with van der Waals surface area (Å²) in [5.74, 6) is -0.955. The number of rotatable bonds is 4. The van der Waals surface area contributed by atoms with E-state index in [4.69, 9.17) is 16.6 Å². The second-order valence-electron chi connectivity index (χ2n) is 1.88. The van der Waals surface area contributed by atoms with Crippen LogP contribution in [0.15, 0.2) is 0 Å². The molecule has 5 heteroatoms. The fraction of sp³-hybridized carbons (Fsp3) is 0.800. The van der Waals surface area contributed by atoms with E-state index in [0.29, 0.717) is 19.4 Å². The first-order chi connectivity index (χ1) is 4.18. The molecule has 0 heterocycles. The maximum absolute atomic E-state index is 10.0. The molecular weight excluding hydrogens is 200 g/mol. The first-order valence-corrected chi connectivity index (χ1v) is 2.87. The van der Waals surface area contributed by atoms with Gasteiger partial charge >= 0.3 is 5.97 Å². The van der Waals surface area contributed by atoms with E-state index in [1.165, 1.54) is 0 Å². The van der Waals surface area contributed by atoms with Crippen LogP contribution in [0, 0.1) is 0 Å². The molecule has 62 valence electrons. The Bertz CT molecular complexity index is 99.6. The smallest absolute Gasteiger partial charge is 0.320 e. The van der Waals surface area contributed by atoms with Gasteiger partial charge in [-0.25, -0.2) is 0 Å². The van der Waals surface area contributed by atoms with Crippen LogP contribution in [0.1, 0.15) is 12.8 Å². The van der Waals surface area contributed by atoms with Gasteiger partial charge in [-0.2, -0.15) is 0 Å². The number of hydrogen-bond acceptors (Lipinski definition) is 3. The van der Waals surface area contributed by atoms with Gasteiger partial charge in [0.25, 0.3) is 0 Å². The van der Waals surface area contributed by atoms with E-state index in [0.717, 1.165) is 0 Å². The Kier molecular flexibility index (Phi) is 8.75. The summed E-state index contributed by atoms with van der Waals surface area (Å²) in [4.78, 5) is 10.0. The van der Waals surface area contributed by atoms with Gasteiger partial charge in [0.2, 0.25) is 0 Å². The molecule has 0 saturated heterocycles. The van der Waals surface area contributed by atoms with Crippen molar-refractivity contribution in [3.63, 3.8) is 0 Å². The summed E-state index contributed by atoms with van der Waals surface area (Å²) in [6, 6.07) is -0.742. The summed E-state index contributed by atoms with van der Waals surface area (Å²) < 4.78 is 0. The summed E-state index contributed by atoms with van der Waals surface area (Å²) in [5.41, 5.74) is 10.3. The number of carboxylic acid groups (broad SMARTS) is 1. The largest absolute Gasteiger partial charge is 0.480 e. The molecular formula is C5H13BrN2O2. The standard InChI is InChI=1S/C5H12N2O2.BrH/c6-3-1-2-4(7)5(8)9;/h4H,1-3,6-7H2,(H,8,9);1H. The first kappa shape index (κ1) is 12.5. The van der Waals surface area contributed by atoms with E-state index >= 15 is 0 Å². The van der Waals surface area contributed by atoms with Gasteiger partial charge in [-0.3, -0.25) is 4.79 Å². The Morgan fingerprint density at radius 1 is 1.60 bits per heavy atom. The van der Waals surface area contributed by atoms with Crippen LogP contribution in [0.25, 0.3) is 0 Å². The van der Waals surface area contributed by atoms with E-state index in [2.05, 4.69) is 0 Å².